The molecule has 0 spiro atoms. The number of hydrogen-bond donors (Lipinski definition) is 0. The van der Waals surface area contributed by atoms with Crippen molar-refractivity contribution in [1.82, 2.24) is 4.90 Å². The molecule has 1 aliphatic heterocycles. The lowest BCUT2D eigenvalue weighted by Gasteiger charge is -2.34. The molecule has 1 fully saturated rings. The van der Waals surface area contributed by atoms with Gasteiger partial charge in [-0.05, 0) is 48.7 Å². The summed E-state index contributed by atoms with van der Waals surface area (Å²) in [4.78, 5) is 30.0. The predicted molar refractivity (Wildman–Crippen MR) is 117 cm³/mol. The number of para-hydroxylation sites is 1. The number of likely N-dealkylation sites (tertiary alicyclic amines) is 1. The van der Waals surface area contributed by atoms with Crippen molar-refractivity contribution in [3.63, 3.8) is 0 Å². The molecule has 4 heteroatoms. The highest BCUT2D eigenvalue weighted by Gasteiger charge is 2.31. The van der Waals surface area contributed by atoms with Gasteiger partial charge in [-0.2, -0.15) is 0 Å². The van der Waals surface area contributed by atoms with Gasteiger partial charge in [0.05, 0.1) is 0 Å². The van der Waals surface area contributed by atoms with Gasteiger partial charge in [0.1, 0.15) is 0 Å². The first-order valence-corrected chi connectivity index (χ1v) is 10.3. The van der Waals surface area contributed by atoms with Crippen LogP contribution in [0.25, 0.3) is 10.8 Å². The Bertz CT molecular complexity index is 1000. The molecule has 0 unspecified atom stereocenters. The van der Waals surface area contributed by atoms with Crippen molar-refractivity contribution in [2.45, 2.75) is 19.8 Å². The van der Waals surface area contributed by atoms with Crippen LogP contribution in [-0.2, 0) is 4.79 Å². The van der Waals surface area contributed by atoms with Gasteiger partial charge < -0.3 is 9.80 Å². The van der Waals surface area contributed by atoms with Gasteiger partial charge in [-0.3, -0.25) is 9.59 Å². The van der Waals surface area contributed by atoms with Gasteiger partial charge in [-0.15, -0.1) is 0 Å². The minimum Gasteiger partial charge on any atom is -0.339 e. The third kappa shape index (κ3) is 3.88. The van der Waals surface area contributed by atoms with Gasteiger partial charge in [0.2, 0.25) is 5.91 Å². The van der Waals surface area contributed by atoms with Crippen LogP contribution in [-0.4, -0.2) is 36.3 Å². The molecule has 148 valence electrons. The Morgan fingerprint density at radius 1 is 0.897 bits per heavy atom. The van der Waals surface area contributed by atoms with Crippen LogP contribution in [0.2, 0.25) is 0 Å². The summed E-state index contributed by atoms with van der Waals surface area (Å²) < 4.78 is 0. The van der Waals surface area contributed by atoms with Crippen molar-refractivity contribution in [2.75, 3.05) is 24.5 Å². The van der Waals surface area contributed by atoms with Crippen molar-refractivity contribution < 1.29 is 9.59 Å². The second-order valence-corrected chi connectivity index (χ2v) is 7.51. The molecule has 3 aromatic rings. The van der Waals surface area contributed by atoms with E-state index in [0.29, 0.717) is 32.5 Å². The molecule has 1 heterocycles. The van der Waals surface area contributed by atoms with Gasteiger partial charge in [0.25, 0.3) is 5.91 Å². The van der Waals surface area contributed by atoms with E-state index in [1.807, 2.05) is 89.5 Å². The number of fused-ring (bicyclic) bond motifs is 1. The van der Waals surface area contributed by atoms with E-state index < -0.39 is 0 Å². The number of carbonyl (C=O) groups is 2. The molecular formula is C25H26N2O2. The Morgan fingerprint density at radius 2 is 1.55 bits per heavy atom. The molecule has 2 amide bonds. The van der Waals surface area contributed by atoms with Crippen molar-refractivity contribution in [1.29, 1.82) is 0 Å². The fourth-order valence-corrected chi connectivity index (χ4v) is 4.21. The largest absolute Gasteiger partial charge is 0.339 e. The third-order valence-electron chi connectivity index (χ3n) is 5.80. The SMILES string of the molecule is CCN(C(=O)C1CCN(C(=O)c2cccc3ccccc23)CC1)c1ccccc1. The summed E-state index contributed by atoms with van der Waals surface area (Å²) >= 11 is 0. The maximum absolute atomic E-state index is 13.1. The molecule has 1 aliphatic rings. The van der Waals surface area contributed by atoms with Crippen molar-refractivity contribution in [3.8, 4) is 0 Å². The first-order chi connectivity index (χ1) is 14.2. The number of hydrogen-bond acceptors (Lipinski definition) is 2. The Morgan fingerprint density at radius 3 is 2.28 bits per heavy atom. The summed E-state index contributed by atoms with van der Waals surface area (Å²) in [5.74, 6) is 0.186. The lowest BCUT2D eigenvalue weighted by molar-refractivity contribution is -0.123. The topological polar surface area (TPSA) is 40.6 Å². The van der Waals surface area contributed by atoms with Crippen molar-refractivity contribution in [3.05, 3.63) is 78.4 Å². The second-order valence-electron chi connectivity index (χ2n) is 7.51. The summed E-state index contributed by atoms with van der Waals surface area (Å²) in [5, 5.41) is 2.06. The van der Waals surface area contributed by atoms with Crippen LogP contribution in [0.15, 0.2) is 72.8 Å². The fourth-order valence-electron chi connectivity index (χ4n) is 4.21. The quantitative estimate of drug-likeness (QED) is 0.649. The molecule has 0 saturated carbocycles. The zero-order valence-electron chi connectivity index (χ0n) is 16.8. The molecule has 0 atom stereocenters. The molecule has 3 aromatic carbocycles. The van der Waals surface area contributed by atoms with E-state index in [1.54, 1.807) is 0 Å². The molecule has 0 radical (unpaired) electrons. The van der Waals surface area contributed by atoms with Crippen LogP contribution in [0, 0.1) is 5.92 Å². The summed E-state index contributed by atoms with van der Waals surface area (Å²) in [7, 11) is 0. The van der Waals surface area contributed by atoms with Gasteiger partial charge in [-0.25, -0.2) is 0 Å². The van der Waals surface area contributed by atoms with Gasteiger partial charge in [0, 0.05) is 36.8 Å². The highest BCUT2D eigenvalue weighted by atomic mass is 16.2. The first kappa shape index (κ1) is 19.2. The number of anilines is 1. The van der Waals surface area contributed by atoms with Crippen LogP contribution in [0.1, 0.15) is 30.1 Å². The summed E-state index contributed by atoms with van der Waals surface area (Å²) in [6.07, 6.45) is 1.41. The van der Waals surface area contributed by atoms with Crippen LogP contribution >= 0.6 is 0 Å². The number of nitrogens with zero attached hydrogens (tertiary/aromatic N) is 2. The van der Waals surface area contributed by atoms with E-state index in [2.05, 4.69) is 0 Å². The zero-order chi connectivity index (χ0) is 20.2. The standard InChI is InChI=1S/C25H26N2O2/c1-2-27(21-11-4-3-5-12-21)24(28)20-15-17-26(18-16-20)25(29)23-14-8-10-19-9-6-7-13-22(19)23/h3-14,20H,2,15-18H2,1H3. The average molecular weight is 386 g/mol. The molecule has 1 saturated heterocycles. The van der Waals surface area contributed by atoms with E-state index in [4.69, 9.17) is 0 Å². The average Bonchev–Trinajstić information content (AvgIpc) is 2.79. The van der Waals surface area contributed by atoms with Crippen molar-refractivity contribution in [2.24, 2.45) is 5.92 Å². The Kier molecular flexibility index (Phi) is 5.61. The van der Waals surface area contributed by atoms with Crippen LogP contribution < -0.4 is 4.90 Å². The third-order valence-corrected chi connectivity index (χ3v) is 5.80. The second kappa shape index (κ2) is 8.48. The molecule has 0 N–H and O–H groups in total. The lowest BCUT2D eigenvalue weighted by atomic mass is 9.94. The number of amides is 2. The van der Waals surface area contributed by atoms with Crippen LogP contribution in [0.4, 0.5) is 5.69 Å². The minimum atomic E-state index is -0.0354. The van der Waals surface area contributed by atoms with Crippen molar-refractivity contribution >= 4 is 28.3 Å². The van der Waals surface area contributed by atoms with Crippen LogP contribution in [0.5, 0.6) is 0 Å². The number of benzene rings is 3. The van der Waals surface area contributed by atoms with E-state index in [0.717, 1.165) is 22.0 Å². The summed E-state index contributed by atoms with van der Waals surface area (Å²) in [6.45, 7) is 3.89. The predicted octanol–water partition coefficient (Wildman–Crippen LogP) is 4.75. The molecule has 0 aromatic heterocycles. The van der Waals surface area contributed by atoms with Gasteiger partial charge in [-0.1, -0.05) is 54.6 Å². The maximum Gasteiger partial charge on any atom is 0.254 e. The normalized spacial score (nSPS) is 14.7. The summed E-state index contributed by atoms with van der Waals surface area (Å²) in [5.41, 5.74) is 1.68. The van der Waals surface area contributed by atoms with E-state index in [9.17, 15) is 9.59 Å². The zero-order valence-corrected chi connectivity index (χ0v) is 16.8. The maximum atomic E-state index is 13.1. The van der Waals surface area contributed by atoms with E-state index in [-0.39, 0.29) is 17.7 Å². The van der Waals surface area contributed by atoms with E-state index >= 15 is 0 Å². The summed E-state index contributed by atoms with van der Waals surface area (Å²) in [6, 6.07) is 23.7. The first-order valence-electron chi connectivity index (χ1n) is 10.3. The minimum absolute atomic E-state index is 0.0354. The molecular weight excluding hydrogens is 360 g/mol. The van der Waals surface area contributed by atoms with E-state index in [1.165, 1.54) is 0 Å². The molecule has 4 rings (SSSR count). The lowest BCUT2D eigenvalue weighted by Crippen LogP contribution is -2.44. The molecule has 29 heavy (non-hydrogen) atoms. The van der Waals surface area contributed by atoms with Crippen LogP contribution in [0.3, 0.4) is 0 Å². The fraction of sp³-hybridized carbons (Fsp3) is 0.280. The Balaban J connectivity index is 1.45. The highest BCUT2D eigenvalue weighted by Crippen LogP contribution is 2.26. The smallest absolute Gasteiger partial charge is 0.254 e. The number of carbonyl (C=O) groups excluding carboxylic acids is 2. The van der Waals surface area contributed by atoms with Gasteiger partial charge in [0.15, 0.2) is 0 Å². The Hall–Kier alpha value is -3.14. The molecule has 0 aliphatic carbocycles. The molecule has 0 bridgehead atoms. The van der Waals surface area contributed by atoms with Gasteiger partial charge >= 0.3 is 0 Å². The number of piperidine rings is 1. The Labute approximate surface area is 171 Å². The molecule has 4 nitrogen and oxygen atoms in total. The number of rotatable bonds is 4. The monoisotopic (exact) mass is 386 g/mol. The highest BCUT2D eigenvalue weighted by molar-refractivity contribution is 6.07.